The maximum Gasteiger partial charge on any atom is 0.0974 e. The fourth-order valence-corrected chi connectivity index (χ4v) is 6.75. The molecule has 0 amide bonds. The first kappa shape index (κ1) is 23.2. The maximum absolute atomic E-state index is 5.07. The molecule has 0 fully saturated rings. The molecule has 0 bridgehead atoms. The Kier molecular flexibility index (Phi) is 4.71. The molecule has 0 saturated heterocycles. The van der Waals surface area contributed by atoms with E-state index in [4.69, 9.17) is 9.97 Å². The van der Waals surface area contributed by atoms with Gasteiger partial charge in [0, 0.05) is 65.8 Å². The Morgan fingerprint density at radius 3 is 1.29 bits per heavy atom. The molecule has 2 N–H and O–H groups in total. The number of aryl methyl sites for hydroxylation is 2. The van der Waals surface area contributed by atoms with Gasteiger partial charge in [-0.05, 0) is 72.5 Å². The number of benzene rings is 5. The van der Waals surface area contributed by atoms with Crippen molar-refractivity contribution in [3.63, 3.8) is 0 Å². The van der Waals surface area contributed by atoms with Gasteiger partial charge in [0.15, 0.2) is 0 Å². The average molecular weight is 539 g/mol. The highest BCUT2D eigenvalue weighted by atomic mass is 14.8. The van der Waals surface area contributed by atoms with Crippen LogP contribution >= 0.6 is 0 Å². The third-order valence-electron chi connectivity index (χ3n) is 8.65. The zero-order valence-corrected chi connectivity index (χ0v) is 23.3. The normalized spacial score (nSPS) is 12.0. The van der Waals surface area contributed by atoms with E-state index in [-0.39, 0.29) is 0 Å². The van der Waals surface area contributed by atoms with Crippen LogP contribution < -0.4 is 0 Å². The Morgan fingerprint density at radius 2 is 0.810 bits per heavy atom. The molecule has 0 aliphatic heterocycles. The predicted molar refractivity (Wildman–Crippen MR) is 176 cm³/mol. The molecule has 0 radical (unpaired) electrons. The van der Waals surface area contributed by atoms with E-state index in [9.17, 15) is 0 Å². The van der Waals surface area contributed by atoms with Crippen molar-refractivity contribution in [2.45, 2.75) is 13.8 Å². The highest BCUT2D eigenvalue weighted by molar-refractivity contribution is 6.14. The summed E-state index contributed by atoms with van der Waals surface area (Å²) < 4.78 is 0. The van der Waals surface area contributed by atoms with E-state index in [1.165, 1.54) is 43.8 Å². The van der Waals surface area contributed by atoms with Crippen LogP contribution in [0, 0.1) is 13.8 Å². The second kappa shape index (κ2) is 8.51. The molecule has 0 aliphatic carbocycles. The standard InChI is InChI=1S/C38H26N4/c1-21-17-31(23-11-13-27-25-7-3-5-9-33(25)41-35(27)19-23)29-15-16-30-32(18-22(2)40-38(30)37(29)39-21)24-12-14-28-26-8-4-6-10-34(26)42-36(28)20-24/h3-20,41-42H,1-2H3. The lowest BCUT2D eigenvalue weighted by atomic mass is 9.94. The van der Waals surface area contributed by atoms with E-state index in [2.05, 4.69) is 133 Å². The summed E-state index contributed by atoms with van der Waals surface area (Å²) in [7, 11) is 0. The third-order valence-corrected chi connectivity index (χ3v) is 8.65. The van der Waals surface area contributed by atoms with Gasteiger partial charge in [-0.1, -0.05) is 72.8 Å². The molecule has 4 nitrogen and oxygen atoms in total. The molecule has 0 atom stereocenters. The lowest BCUT2D eigenvalue weighted by Crippen LogP contribution is -1.95. The number of pyridine rings is 2. The maximum atomic E-state index is 5.07. The molecule has 4 heterocycles. The first-order valence-electron chi connectivity index (χ1n) is 14.3. The van der Waals surface area contributed by atoms with Crippen molar-refractivity contribution in [3.8, 4) is 22.3 Å². The van der Waals surface area contributed by atoms with Crippen LogP contribution in [0.2, 0.25) is 0 Å². The number of fused-ring (bicyclic) bond motifs is 9. The number of nitrogens with one attached hydrogen (secondary N) is 2. The molecule has 4 heteroatoms. The topological polar surface area (TPSA) is 57.4 Å². The minimum Gasteiger partial charge on any atom is -0.354 e. The molecule has 9 aromatic rings. The van der Waals surface area contributed by atoms with E-state index < -0.39 is 0 Å². The number of para-hydroxylation sites is 2. The largest absolute Gasteiger partial charge is 0.354 e. The predicted octanol–water partition coefficient (Wildman–Crippen LogP) is 10.0. The Hall–Kier alpha value is -5.48. The molecule has 0 saturated carbocycles. The molecule has 0 aliphatic rings. The highest BCUT2D eigenvalue weighted by Crippen LogP contribution is 2.39. The van der Waals surface area contributed by atoms with Crippen LogP contribution in [0.15, 0.2) is 109 Å². The molecule has 5 aromatic carbocycles. The number of nitrogens with zero attached hydrogens (tertiary/aromatic N) is 2. The van der Waals surface area contributed by atoms with Crippen LogP contribution in [0.1, 0.15) is 11.4 Å². The Morgan fingerprint density at radius 1 is 0.405 bits per heavy atom. The number of hydrogen-bond acceptors (Lipinski definition) is 2. The summed E-state index contributed by atoms with van der Waals surface area (Å²) in [5, 5.41) is 7.20. The van der Waals surface area contributed by atoms with E-state index in [1.807, 2.05) is 0 Å². The lowest BCUT2D eigenvalue weighted by Gasteiger charge is -2.14. The van der Waals surface area contributed by atoms with Crippen molar-refractivity contribution in [3.05, 3.63) is 121 Å². The van der Waals surface area contributed by atoms with Crippen molar-refractivity contribution >= 4 is 65.4 Å². The SMILES string of the molecule is Cc1cc(-c2ccc3c(c2)[nH]c2ccccc23)c2ccc3c(-c4ccc5c(c4)[nH]c4ccccc45)cc(C)nc3c2n1. The summed E-state index contributed by atoms with van der Waals surface area (Å²) in [4.78, 5) is 17.3. The van der Waals surface area contributed by atoms with Crippen LogP contribution in [-0.4, -0.2) is 19.9 Å². The molecule has 198 valence electrons. The summed E-state index contributed by atoms with van der Waals surface area (Å²) in [5.74, 6) is 0. The monoisotopic (exact) mass is 538 g/mol. The number of rotatable bonds is 2. The molecule has 9 rings (SSSR count). The van der Waals surface area contributed by atoms with Gasteiger partial charge in [-0.3, -0.25) is 9.97 Å². The summed E-state index contributed by atoms with van der Waals surface area (Å²) in [6, 6.07) is 39.2. The zero-order valence-electron chi connectivity index (χ0n) is 23.3. The van der Waals surface area contributed by atoms with E-state index in [1.54, 1.807) is 0 Å². The van der Waals surface area contributed by atoms with Crippen molar-refractivity contribution < 1.29 is 0 Å². The first-order valence-corrected chi connectivity index (χ1v) is 14.3. The van der Waals surface area contributed by atoms with Crippen LogP contribution in [0.3, 0.4) is 0 Å². The lowest BCUT2D eigenvalue weighted by molar-refractivity contribution is 1.23. The molecule has 0 spiro atoms. The Labute approximate surface area is 241 Å². The van der Waals surface area contributed by atoms with Crippen LogP contribution in [0.5, 0.6) is 0 Å². The van der Waals surface area contributed by atoms with Gasteiger partial charge in [-0.25, -0.2) is 0 Å². The van der Waals surface area contributed by atoms with Crippen LogP contribution in [0.25, 0.3) is 87.7 Å². The Bertz CT molecular complexity index is 2370. The summed E-state index contributed by atoms with van der Waals surface area (Å²) in [5.41, 5.74) is 13.1. The van der Waals surface area contributed by atoms with Gasteiger partial charge < -0.3 is 9.97 Å². The van der Waals surface area contributed by atoms with Crippen molar-refractivity contribution in [1.82, 2.24) is 19.9 Å². The highest BCUT2D eigenvalue weighted by Gasteiger charge is 2.16. The fourth-order valence-electron chi connectivity index (χ4n) is 6.75. The van der Waals surface area contributed by atoms with Gasteiger partial charge in [-0.15, -0.1) is 0 Å². The van der Waals surface area contributed by atoms with Crippen LogP contribution in [0.4, 0.5) is 0 Å². The van der Waals surface area contributed by atoms with Crippen molar-refractivity contribution in [2.24, 2.45) is 0 Å². The van der Waals surface area contributed by atoms with Gasteiger partial charge in [0.2, 0.25) is 0 Å². The first-order chi connectivity index (χ1) is 20.6. The summed E-state index contributed by atoms with van der Waals surface area (Å²) in [6.07, 6.45) is 0. The minimum atomic E-state index is 0.941. The van der Waals surface area contributed by atoms with Gasteiger partial charge in [-0.2, -0.15) is 0 Å². The van der Waals surface area contributed by atoms with E-state index in [0.29, 0.717) is 0 Å². The molecular formula is C38H26N4. The number of hydrogen-bond donors (Lipinski definition) is 2. The smallest absolute Gasteiger partial charge is 0.0974 e. The molecular weight excluding hydrogens is 512 g/mol. The third kappa shape index (κ3) is 3.36. The molecule has 4 aromatic heterocycles. The number of aromatic nitrogens is 4. The van der Waals surface area contributed by atoms with Crippen molar-refractivity contribution in [1.29, 1.82) is 0 Å². The molecule has 42 heavy (non-hydrogen) atoms. The summed E-state index contributed by atoms with van der Waals surface area (Å²) >= 11 is 0. The van der Waals surface area contributed by atoms with Gasteiger partial charge in [0.25, 0.3) is 0 Å². The molecule has 0 unspecified atom stereocenters. The second-order valence-corrected chi connectivity index (χ2v) is 11.3. The number of H-pyrrole nitrogens is 2. The van der Waals surface area contributed by atoms with Crippen molar-refractivity contribution in [2.75, 3.05) is 0 Å². The second-order valence-electron chi connectivity index (χ2n) is 11.3. The average Bonchev–Trinajstić information content (AvgIpc) is 3.57. The van der Waals surface area contributed by atoms with Gasteiger partial charge in [0.1, 0.15) is 0 Å². The van der Waals surface area contributed by atoms with E-state index >= 15 is 0 Å². The fraction of sp³-hybridized carbons (Fsp3) is 0.0526. The number of aromatic amines is 2. The van der Waals surface area contributed by atoms with Gasteiger partial charge in [0.05, 0.1) is 11.0 Å². The zero-order chi connectivity index (χ0) is 27.9. The summed E-state index contributed by atoms with van der Waals surface area (Å²) in [6.45, 7) is 4.15. The van der Waals surface area contributed by atoms with E-state index in [0.717, 1.165) is 55.3 Å². The quantitative estimate of drug-likeness (QED) is 0.215. The Balaban J connectivity index is 1.26. The van der Waals surface area contributed by atoms with Gasteiger partial charge >= 0.3 is 0 Å². The van der Waals surface area contributed by atoms with Crippen LogP contribution in [-0.2, 0) is 0 Å². The minimum absolute atomic E-state index is 0.941.